The molecule has 7 nitrogen and oxygen atoms in total. The summed E-state index contributed by atoms with van der Waals surface area (Å²) in [6.07, 6.45) is 1.02. The summed E-state index contributed by atoms with van der Waals surface area (Å²) in [7, 11) is -3.66. The zero-order chi connectivity index (χ0) is 16.0. The number of ether oxygens (including phenoxy) is 1. The molecule has 1 saturated heterocycles. The van der Waals surface area contributed by atoms with Gasteiger partial charge in [0.1, 0.15) is 0 Å². The van der Waals surface area contributed by atoms with Gasteiger partial charge in [0.15, 0.2) is 0 Å². The molecule has 0 radical (unpaired) electrons. The first-order valence-corrected chi connectivity index (χ1v) is 8.69. The lowest BCUT2D eigenvalue weighted by Crippen LogP contribution is -2.44. The van der Waals surface area contributed by atoms with E-state index >= 15 is 0 Å². The molecule has 1 aliphatic heterocycles. The van der Waals surface area contributed by atoms with Crippen molar-refractivity contribution in [2.75, 3.05) is 26.3 Å². The summed E-state index contributed by atoms with van der Waals surface area (Å²) in [6.45, 7) is 2.52. The molecule has 1 fully saturated rings. The number of rotatable bonds is 6. The Morgan fingerprint density at radius 2 is 2.09 bits per heavy atom. The third kappa shape index (κ3) is 5.38. The maximum Gasteiger partial charge on any atom is 0.238 e. The van der Waals surface area contributed by atoms with E-state index in [1.807, 2.05) is 0 Å². The highest BCUT2D eigenvalue weighted by Crippen LogP contribution is 2.09. The SMILES string of the molecule is NS(=O)(=O)c1ccc(CCNC(=O)CC2COCCN2)cc1. The van der Waals surface area contributed by atoms with Gasteiger partial charge in [0, 0.05) is 25.6 Å². The van der Waals surface area contributed by atoms with Crippen LogP contribution in [0.2, 0.25) is 0 Å². The van der Waals surface area contributed by atoms with Crippen LogP contribution in [-0.2, 0) is 26.0 Å². The fourth-order valence-corrected chi connectivity index (χ4v) is 2.75. The highest BCUT2D eigenvalue weighted by atomic mass is 32.2. The van der Waals surface area contributed by atoms with E-state index in [1.165, 1.54) is 12.1 Å². The molecule has 8 heteroatoms. The number of nitrogens with one attached hydrogen (secondary N) is 2. The molecule has 2 rings (SSSR count). The topological polar surface area (TPSA) is 111 Å². The molecule has 0 saturated carbocycles. The van der Waals surface area contributed by atoms with Crippen LogP contribution in [0.3, 0.4) is 0 Å². The summed E-state index contributed by atoms with van der Waals surface area (Å²) in [4.78, 5) is 11.9. The second kappa shape index (κ2) is 7.68. The molecule has 1 aromatic rings. The Labute approximate surface area is 130 Å². The van der Waals surface area contributed by atoms with E-state index < -0.39 is 10.0 Å². The predicted octanol–water partition coefficient (Wildman–Crippen LogP) is -0.629. The second-order valence-corrected chi connectivity index (χ2v) is 6.78. The molecule has 122 valence electrons. The Kier molecular flexibility index (Phi) is 5.90. The molecule has 1 heterocycles. The number of morpholine rings is 1. The van der Waals surface area contributed by atoms with E-state index in [9.17, 15) is 13.2 Å². The van der Waals surface area contributed by atoms with Gasteiger partial charge in [-0.25, -0.2) is 13.6 Å². The van der Waals surface area contributed by atoms with Crippen molar-refractivity contribution in [2.45, 2.75) is 23.8 Å². The number of carbonyl (C=O) groups excluding carboxylic acids is 1. The first kappa shape index (κ1) is 16.9. The Morgan fingerprint density at radius 3 is 2.68 bits per heavy atom. The fraction of sp³-hybridized carbons (Fsp3) is 0.500. The maximum absolute atomic E-state index is 11.8. The van der Waals surface area contributed by atoms with Gasteiger partial charge < -0.3 is 15.4 Å². The first-order chi connectivity index (χ1) is 10.4. The summed E-state index contributed by atoms with van der Waals surface area (Å²) in [5.74, 6) is -0.0239. The summed E-state index contributed by atoms with van der Waals surface area (Å²) in [5.41, 5.74) is 0.937. The van der Waals surface area contributed by atoms with Gasteiger partial charge in [0.05, 0.1) is 18.1 Å². The Bertz CT molecular complexity index is 595. The smallest absolute Gasteiger partial charge is 0.238 e. The van der Waals surface area contributed by atoms with Crippen LogP contribution in [-0.4, -0.2) is 46.7 Å². The molecule has 1 aliphatic rings. The molecule has 0 spiro atoms. The van der Waals surface area contributed by atoms with Gasteiger partial charge in [-0.05, 0) is 24.1 Å². The van der Waals surface area contributed by atoms with Gasteiger partial charge in [0.2, 0.25) is 15.9 Å². The van der Waals surface area contributed by atoms with Crippen LogP contribution >= 0.6 is 0 Å². The predicted molar refractivity (Wildman–Crippen MR) is 81.8 cm³/mol. The Balaban J connectivity index is 1.72. The third-order valence-electron chi connectivity index (χ3n) is 3.42. The summed E-state index contributed by atoms with van der Waals surface area (Å²) in [6, 6.07) is 6.40. The van der Waals surface area contributed by atoms with Crippen molar-refractivity contribution in [3.63, 3.8) is 0 Å². The fourth-order valence-electron chi connectivity index (χ4n) is 2.24. The average Bonchev–Trinajstić information content (AvgIpc) is 2.48. The lowest BCUT2D eigenvalue weighted by Gasteiger charge is -2.23. The zero-order valence-corrected chi connectivity index (χ0v) is 13.1. The lowest BCUT2D eigenvalue weighted by molar-refractivity contribution is -0.122. The number of carbonyl (C=O) groups is 1. The van der Waals surface area contributed by atoms with Crippen molar-refractivity contribution in [3.8, 4) is 0 Å². The van der Waals surface area contributed by atoms with Crippen LogP contribution in [0.15, 0.2) is 29.2 Å². The van der Waals surface area contributed by atoms with E-state index in [0.717, 1.165) is 12.1 Å². The van der Waals surface area contributed by atoms with Gasteiger partial charge in [0.25, 0.3) is 0 Å². The largest absolute Gasteiger partial charge is 0.378 e. The third-order valence-corrected chi connectivity index (χ3v) is 4.35. The molecule has 4 N–H and O–H groups in total. The van der Waals surface area contributed by atoms with Crippen molar-refractivity contribution >= 4 is 15.9 Å². The minimum atomic E-state index is -3.66. The van der Waals surface area contributed by atoms with E-state index in [4.69, 9.17) is 9.88 Å². The standard InChI is InChI=1S/C14H21N3O4S/c15-22(19,20)13-3-1-11(2-4-13)5-6-17-14(18)9-12-10-21-8-7-16-12/h1-4,12,16H,5-10H2,(H,17,18)(H2,15,19,20). The minimum Gasteiger partial charge on any atom is -0.378 e. The van der Waals surface area contributed by atoms with Gasteiger partial charge in [-0.2, -0.15) is 0 Å². The highest BCUT2D eigenvalue weighted by molar-refractivity contribution is 7.89. The van der Waals surface area contributed by atoms with Gasteiger partial charge in [-0.15, -0.1) is 0 Å². The molecule has 22 heavy (non-hydrogen) atoms. The molecule has 0 aliphatic carbocycles. The lowest BCUT2D eigenvalue weighted by atomic mass is 10.1. The molecule has 1 aromatic carbocycles. The van der Waals surface area contributed by atoms with Crippen molar-refractivity contribution in [2.24, 2.45) is 5.14 Å². The van der Waals surface area contributed by atoms with Crippen molar-refractivity contribution in [1.82, 2.24) is 10.6 Å². The minimum absolute atomic E-state index is 0.0239. The van der Waals surface area contributed by atoms with Crippen molar-refractivity contribution in [3.05, 3.63) is 29.8 Å². The molecule has 1 amide bonds. The van der Waals surface area contributed by atoms with Crippen molar-refractivity contribution < 1.29 is 17.9 Å². The molecule has 0 bridgehead atoms. The first-order valence-electron chi connectivity index (χ1n) is 7.15. The van der Waals surface area contributed by atoms with Crippen LogP contribution in [0.4, 0.5) is 0 Å². The Morgan fingerprint density at radius 1 is 1.36 bits per heavy atom. The number of hydrogen-bond donors (Lipinski definition) is 3. The number of amides is 1. The average molecular weight is 327 g/mol. The monoisotopic (exact) mass is 327 g/mol. The number of sulfonamides is 1. The summed E-state index contributed by atoms with van der Waals surface area (Å²) >= 11 is 0. The molecule has 1 atom stereocenters. The van der Waals surface area contributed by atoms with Gasteiger partial charge in [-0.1, -0.05) is 12.1 Å². The summed E-state index contributed by atoms with van der Waals surface area (Å²) in [5, 5.41) is 11.1. The van der Waals surface area contributed by atoms with Gasteiger partial charge >= 0.3 is 0 Å². The normalized spacial score (nSPS) is 18.9. The van der Waals surface area contributed by atoms with Crippen LogP contribution in [0, 0.1) is 0 Å². The van der Waals surface area contributed by atoms with Crippen LogP contribution < -0.4 is 15.8 Å². The quantitative estimate of drug-likeness (QED) is 0.644. The van der Waals surface area contributed by atoms with E-state index in [2.05, 4.69) is 10.6 Å². The number of benzene rings is 1. The summed E-state index contributed by atoms with van der Waals surface area (Å²) < 4.78 is 27.6. The number of primary sulfonamides is 1. The van der Waals surface area contributed by atoms with Crippen molar-refractivity contribution in [1.29, 1.82) is 0 Å². The van der Waals surface area contributed by atoms with Crippen LogP contribution in [0.5, 0.6) is 0 Å². The molecule has 0 aromatic heterocycles. The van der Waals surface area contributed by atoms with Crippen LogP contribution in [0.25, 0.3) is 0 Å². The Hall–Kier alpha value is -1.48. The number of hydrogen-bond acceptors (Lipinski definition) is 5. The van der Waals surface area contributed by atoms with Crippen LogP contribution in [0.1, 0.15) is 12.0 Å². The van der Waals surface area contributed by atoms with E-state index in [1.54, 1.807) is 12.1 Å². The zero-order valence-electron chi connectivity index (χ0n) is 12.2. The molecular formula is C14H21N3O4S. The molecule has 1 unspecified atom stereocenters. The van der Waals surface area contributed by atoms with Gasteiger partial charge in [-0.3, -0.25) is 4.79 Å². The highest BCUT2D eigenvalue weighted by Gasteiger charge is 2.16. The van der Waals surface area contributed by atoms with E-state index in [0.29, 0.717) is 32.6 Å². The van der Waals surface area contributed by atoms with E-state index in [-0.39, 0.29) is 16.8 Å². The number of nitrogens with two attached hydrogens (primary N) is 1. The molecular weight excluding hydrogens is 306 g/mol. The maximum atomic E-state index is 11.8. The second-order valence-electron chi connectivity index (χ2n) is 5.22.